The predicted molar refractivity (Wildman–Crippen MR) is 45.3 cm³/mol. The zero-order valence-electron chi connectivity index (χ0n) is 8.27. The van der Waals surface area contributed by atoms with E-state index in [1.54, 1.807) is 6.07 Å². The standard InChI is InChI=1S/C7H9NO3S.K.H/c8-5-6-2-1-3-7(4-6)12(9,10)11;;/h1-4H,5,8H2,(H,9,10,11);;/q;+1;-1. The van der Waals surface area contributed by atoms with Gasteiger partial charge in [-0.25, -0.2) is 0 Å². The van der Waals surface area contributed by atoms with E-state index in [1.165, 1.54) is 18.2 Å². The van der Waals surface area contributed by atoms with Gasteiger partial charge in [-0.1, -0.05) is 12.1 Å². The van der Waals surface area contributed by atoms with E-state index in [1.807, 2.05) is 0 Å². The Morgan fingerprint density at radius 2 is 2.08 bits per heavy atom. The van der Waals surface area contributed by atoms with Crippen LogP contribution in [0.3, 0.4) is 0 Å². The van der Waals surface area contributed by atoms with Crippen molar-refractivity contribution in [3.63, 3.8) is 0 Å². The third-order valence-corrected chi connectivity index (χ3v) is 2.28. The quantitative estimate of drug-likeness (QED) is 0.433. The summed E-state index contributed by atoms with van der Waals surface area (Å²) < 4.78 is 29.9. The molecule has 0 aliphatic heterocycles. The number of hydrogen-bond donors (Lipinski definition) is 2. The molecule has 0 spiro atoms. The van der Waals surface area contributed by atoms with Crippen molar-refractivity contribution in [1.82, 2.24) is 0 Å². The predicted octanol–water partition coefficient (Wildman–Crippen LogP) is -2.49. The average molecular weight is 227 g/mol. The Morgan fingerprint density at radius 3 is 2.54 bits per heavy atom. The summed E-state index contributed by atoms with van der Waals surface area (Å²) in [5, 5.41) is 0. The fraction of sp³-hybridized carbons (Fsp3) is 0.143. The van der Waals surface area contributed by atoms with Gasteiger partial charge in [0.25, 0.3) is 10.1 Å². The zero-order chi connectivity index (χ0) is 9.19. The molecular formula is C7H10KNO3S. The first-order chi connectivity index (χ1) is 5.54. The minimum atomic E-state index is -4.09. The molecule has 0 aliphatic carbocycles. The minimum absolute atomic E-state index is 0. The second kappa shape index (κ2) is 5.57. The van der Waals surface area contributed by atoms with Crippen LogP contribution in [0.4, 0.5) is 0 Å². The molecule has 3 N–H and O–H groups in total. The molecule has 0 amide bonds. The van der Waals surface area contributed by atoms with Crippen molar-refractivity contribution in [2.24, 2.45) is 5.73 Å². The van der Waals surface area contributed by atoms with Crippen LogP contribution in [-0.4, -0.2) is 13.0 Å². The van der Waals surface area contributed by atoms with Crippen molar-refractivity contribution in [3.8, 4) is 0 Å². The SMILES string of the molecule is NCc1cccc(S(=O)(=O)O)c1.[H-].[K+]. The summed E-state index contributed by atoms with van der Waals surface area (Å²) in [4.78, 5) is -0.120. The second-order valence-electron chi connectivity index (χ2n) is 2.33. The molecule has 0 aromatic heterocycles. The topological polar surface area (TPSA) is 80.4 Å². The van der Waals surface area contributed by atoms with Crippen LogP contribution in [0, 0.1) is 0 Å². The van der Waals surface area contributed by atoms with Gasteiger partial charge in [-0.3, -0.25) is 4.55 Å². The van der Waals surface area contributed by atoms with Crippen LogP contribution >= 0.6 is 0 Å². The van der Waals surface area contributed by atoms with Crippen molar-refractivity contribution < 1.29 is 65.8 Å². The van der Waals surface area contributed by atoms with Crippen LogP contribution in [-0.2, 0) is 16.7 Å². The fourth-order valence-electron chi connectivity index (χ4n) is 0.833. The van der Waals surface area contributed by atoms with E-state index in [0.29, 0.717) is 5.56 Å². The molecule has 1 rings (SSSR count). The molecule has 0 aliphatic rings. The van der Waals surface area contributed by atoms with Gasteiger partial charge in [-0.05, 0) is 17.7 Å². The molecule has 68 valence electrons. The molecule has 0 saturated carbocycles. The summed E-state index contributed by atoms with van der Waals surface area (Å²) in [6.45, 7) is 0.253. The van der Waals surface area contributed by atoms with Gasteiger partial charge in [-0.2, -0.15) is 8.42 Å². The van der Waals surface area contributed by atoms with Gasteiger partial charge in [0.1, 0.15) is 0 Å². The Bertz CT molecular complexity index is 382. The van der Waals surface area contributed by atoms with Crippen LogP contribution in [0.2, 0.25) is 0 Å². The average Bonchev–Trinajstić information content (AvgIpc) is 2.03. The van der Waals surface area contributed by atoms with E-state index in [-0.39, 0.29) is 64.3 Å². The Hall–Kier alpha value is 0.726. The third kappa shape index (κ3) is 4.18. The Kier molecular flexibility index (Phi) is 5.88. The Morgan fingerprint density at radius 1 is 1.46 bits per heavy atom. The molecule has 0 unspecified atom stereocenters. The Labute approximate surface area is 121 Å². The van der Waals surface area contributed by atoms with E-state index in [4.69, 9.17) is 10.3 Å². The monoisotopic (exact) mass is 227 g/mol. The zero-order valence-corrected chi connectivity index (χ0v) is 11.2. The summed E-state index contributed by atoms with van der Waals surface area (Å²) in [7, 11) is -4.09. The first-order valence-corrected chi connectivity index (χ1v) is 4.74. The molecule has 6 heteroatoms. The molecule has 1 aromatic carbocycles. The van der Waals surface area contributed by atoms with Crippen molar-refractivity contribution in [2.45, 2.75) is 11.4 Å². The minimum Gasteiger partial charge on any atom is -1.00 e. The van der Waals surface area contributed by atoms with Crippen LogP contribution in [0.25, 0.3) is 0 Å². The van der Waals surface area contributed by atoms with Gasteiger partial charge in [-0.15, -0.1) is 0 Å². The van der Waals surface area contributed by atoms with E-state index >= 15 is 0 Å². The summed E-state index contributed by atoms with van der Waals surface area (Å²) in [6, 6.07) is 5.88. The van der Waals surface area contributed by atoms with Gasteiger partial charge < -0.3 is 7.16 Å². The molecule has 1 aromatic rings. The molecular weight excluding hydrogens is 217 g/mol. The molecule has 0 heterocycles. The maximum absolute atomic E-state index is 10.6. The summed E-state index contributed by atoms with van der Waals surface area (Å²) in [5.74, 6) is 0. The van der Waals surface area contributed by atoms with E-state index in [0.717, 1.165) is 0 Å². The summed E-state index contributed by atoms with van der Waals surface area (Å²) in [5.41, 5.74) is 5.96. The van der Waals surface area contributed by atoms with Crippen molar-refractivity contribution >= 4 is 10.1 Å². The summed E-state index contributed by atoms with van der Waals surface area (Å²) >= 11 is 0. The third-order valence-electron chi connectivity index (χ3n) is 1.43. The molecule has 0 fully saturated rings. The van der Waals surface area contributed by atoms with Crippen molar-refractivity contribution in [2.75, 3.05) is 0 Å². The van der Waals surface area contributed by atoms with E-state index in [2.05, 4.69) is 0 Å². The largest absolute Gasteiger partial charge is 1.00 e. The first kappa shape index (κ1) is 13.7. The van der Waals surface area contributed by atoms with E-state index in [9.17, 15) is 8.42 Å². The van der Waals surface area contributed by atoms with Gasteiger partial charge >= 0.3 is 51.4 Å². The van der Waals surface area contributed by atoms with Crippen LogP contribution in [0.5, 0.6) is 0 Å². The van der Waals surface area contributed by atoms with Crippen LogP contribution in [0.15, 0.2) is 29.2 Å². The molecule has 4 nitrogen and oxygen atoms in total. The van der Waals surface area contributed by atoms with Crippen molar-refractivity contribution in [3.05, 3.63) is 29.8 Å². The first-order valence-electron chi connectivity index (χ1n) is 3.30. The molecule has 0 atom stereocenters. The van der Waals surface area contributed by atoms with Crippen LogP contribution in [0.1, 0.15) is 6.99 Å². The number of rotatable bonds is 2. The molecule has 0 saturated heterocycles. The maximum Gasteiger partial charge on any atom is 1.00 e. The molecule has 0 bridgehead atoms. The summed E-state index contributed by atoms with van der Waals surface area (Å²) in [6.07, 6.45) is 0. The second-order valence-corrected chi connectivity index (χ2v) is 3.75. The van der Waals surface area contributed by atoms with Crippen molar-refractivity contribution in [1.29, 1.82) is 0 Å². The van der Waals surface area contributed by atoms with Gasteiger partial charge in [0.05, 0.1) is 4.90 Å². The smallest absolute Gasteiger partial charge is 1.00 e. The van der Waals surface area contributed by atoms with Gasteiger partial charge in [0.2, 0.25) is 0 Å². The molecule has 0 radical (unpaired) electrons. The van der Waals surface area contributed by atoms with Gasteiger partial charge in [0.15, 0.2) is 0 Å². The molecule has 13 heavy (non-hydrogen) atoms. The number of benzene rings is 1. The fourth-order valence-corrected chi connectivity index (χ4v) is 1.38. The Balaban J connectivity index is 0. The normalized spacial score (nSPS) is 10.6. The number of nitrogens with two attached hydrogens (primary N) is 1. The van der Waals surface area contributed by atoms with Crippen LogP contribution < -0.4 is 57.1 Å². The van der Waals surface area contributed by atoms with Gasteiger partial charge in [0, 0.05) is 6.54 Å². The maximum atomic E-state index is 10.6. The number of hydrogen-bond acceptors (Lipinski definition) is 3. The van der Waals surface area contributed by atoms with E-state index < -0.39 is 10.1 Å².